The van der Waals surface area contributed by atoms with E-state index in [1.165, 1.54) is 36.8 Å². The maximum Gasteiger partial charge on any atom is -0.0128 e. The summed E-state index contributed by atoms with van der Waals surface area (Å²) in [6, 6.07) is 7.22. The van der Waals surface area contributed by atoms with Crippen molar-refractivity contribution in [1.82, 2.24) is 0 Å². The first kappa shape index (κ1) is 13.2. The van der Waals surface area contributed by atoms with Gasteiger partial charge in [0, 0.05) is 0 Å². The second kappa shape index (κ2) is 4.96. The van der Waals surface area contributed by atoms with Gasteiger partial charge in [0.05, 0.1) is 0 Å². The van der Waals surface area contributed by atoms with Crippen molar-refractivity contribution in [3.8, 4) is 0 Å². The van der Waals surface area contributed by atoms with Crippen molar-refractivity contribution in [3.63, 3.8) is 0 Å². The van der Waals surface area contributed by atoms with Crippen LogP contribution in [0.1, 0.15) is 62.1 Å². The highest BCUT2D eigenvalue weighted by Crippen LogP contribution is 2.53. The van der Waals surface area contributed by atoms with E-state index in [9.17, 15) is 0 Å². The molecule has 19 heavy (non-hydrogen) atoms. The Balaban J connectivity index is 1.93. The molecule has 1 aromatic carbocycles. The first-order chi connectivity index (χ1) is 9.02. The summed E-state index contributed by atoms with van der Waals surface area (Å²) in [6.07, 6.45) is 5.85. The highest BCUT2D eigenvalue weighted by Gasteiger charge is 2.42. The Morgan fingerprint density at radius 1 is 0.789 bits per heavy atom. The molecule has 0 nitrogen and oxygen atoms in total. The Morgan fingerprint density at radius 3 is 2.00 bits per heavy atom. The van der Waals surface area contributed by atoms with Crippen LogP contribution in [0.3, 0.4) is 0 Å². The number of fused-ring (bicyclic) bond motifs is 1. The zero-order valence-corrected chi connectivity index (χ0v) is 12.9. The lowest BCUT2D eigenvalue weighted by Gasteiger charge is -2.38. The summed E-state index contributed by atoms with van der Waals surface area (Å²) < 4.78 is 0. The van der Waals surface area contributed by atoms with E-state index in [1.54, 1.807) is 5.56 Å². The highest BCUT2D eigenvalue weighted by atomic mass is 14.5. The standard InChI is InChI=1S/C19H28/c1-12-5-13(2)7-16(6-12)18-10-14(3)8-17-9-15(4)11-19(17)18/h5-7,14-15,17-19H,8-11H2,1-4H3. The van der Waals surface area contributed by atoms with Crippen LogP contribution in [0.25, 0.3) is 0 Å². The third kappa shape index (κ3) is 2.59. The molecule has 0 heteroatoms. The number of aryl methyl sites for hydroxylation is 2. The molecule has 0 spiro atoms. The third-order valence-corrected chi connectivity index (χ3v) is 5.54. The summed E-state index contributed by atoms with van der Waals surface area (Å²) >= 11 is 0. The summed E-state index contributed by atoms with van der Waals surface area (Å²) in [5.41, 5.74) is 4.51. The van der Waals surface area contributed by atoms with Crippen LogP contribution in [0.5, 0.6) is 0 Å². The molecule has 1 aromatic rings. The number of hydrogen-bond acceptors (Lipinski definition) is 0. The molecule has 0 bridgehead atoms. The molecule has 0 aliphatic heterocycles. The first-order valence-corrected chi connectivity index (χ1v) is 8.11. The molecule has 2 fully saturated rings. The summed E-state index contributed by atoms with van der Waals surface area (Å²) in [4.78, 5) is 0. The monoisotopic (exact) mass is 256 g/mol. The van der Waals surface area contributed by atoms with E-state index in [0.29, 0.717) is 0 Å². The molecular formula is C19H28. The van der Waals surface area contributed by atoms with Crippen LogP contribution >= 0.6 is 0 Å². The molecule has 2 aliphatic carbocycles. The van der Waals surface area contributed by atoms with E-state index in [1.807, 2.05) is 0 Å². The van der Waals surface area contributed by atoms with Crippen LogP contribution < -0.4 is 0 Å². The van der Waals surface area contributed by atoms with Crippen LogP contribution in [0.2, 0.25) is 0 Å². The zero-order chi connectivity index (χ0) is 13.6. The fourth-order valence-electron chi connectivity index (χ4n) is 5.04. The number of benzene rings is 1. The van der Waals surface area contributed by atoms with Crippen molar-refractivity contribution < 1.29 is 0 Å². The van der Waals surface area contributed by atoms with Gasteiger partial charge in [0.25, 0.3) is 0 Å². The van der Waals surface area contributed by atoms with E-state index < -0.39 is 0 Å². The van der Waals surface area contributed by atoms with Gasteiger partial charge in [-0.2, -0.15) is 0 Å². The minimum absolute atomic E-state index is 0.831. The van der Waals surface area contributed by atoms with E-state index in [-0.39, 0.29) is 0 Å². The molecule has 0 saturated heterocycles. The smallest absolute Gasteiger partial charge is 0.0128 e. The van der Waals surface area contributed by atoms with Gasteiger partial charge >= 0.3 is 0 Å². The van der Waals surface area contributed by atoms with Gasteiger partial charge in [0.2, 0.25) is 0 Å². The molecule has 0 aromatic heterocycles. The van der Waals surface area contributed by atoms with Crippen molar-refractivity contribution >= 4 is 0 Å². The van der Waals surface area contributed by atoms with Gasteiger partial charge in [-0.3, -0.25) is 0 Å². The largest absolute Gasteiger partial charge is 0.0625 e. The molecule has 0 N–H and O–H groups in total. The fraction of sp³-hybridized carbons (Fsp3) is 0.684. The summed E-state index contributed by atoms with van der Waals surface area (Å²) in [5.74, 6) is 4.67. The van der Waals surface area contributed by atoms with Gasteiger partial charge in [-0.15, -0.1) is 0 Å². The van der Waals surface area contributed by atoms with Gasteiger partial charge < -0.3 is 0 Å². The topological polar surface area (TPSA) is 0 Å². The molecule has 2 saturated carbocycles. The molecule has 0 radical (unpaired) electrons. The molecule has 5 unspecified atom stereocenters. The Labute approximate surface area is 118 Å². The van der Waals surface area contributed by atoms with Gasteiger partial charge in [-0.25, -0.2) is 0 Å². The van der Waals surface area contributed by atoms with Crippen LogP contribution in [0.15, 0.2) is 18.2 Å². The van der Waals surface area contributed by atoms with Gasteiger partial charge in [0.15, 0.2) is 0 Å². The molecular weight excluding hydrogens is 228 g/mol. The lowest BCUT2D eigenvalue weighted by atomic mass is 9.67. The van der Waals surface area contributed by atoms with Crippen molar-refractivity contribution in [1.29, 1.82) is 0 Å². The van der Waals surface area contributed by atoms with E-state index in [4.69, 9.17) is 0 Å². The Bertz CT molecular complexity index is 439. The minimum Gasteiger partial charge on any atom is -0.0625 e. The van der Waals surface area contributed by atoms with E-state index >= 15 is 0 Å². The molecule has 0 amide bonds. The van der Waals surface area contributed by atoms with Gasteiger partial charge in [0.1, 0.15) is 0 Å². The van der Waals surface area contributed by atoms with E-state index in [0.717, 1.165) is 29.6 Å². The fourth-order valence-corrected chi connectivity index (χ4v) is 5.04. The molecule has 3 rings (SSSR count). The van der Waals surface area contributed by atoms with Crippen LogP contribution in [-0.4, -0.2) is 0 Å². The maximum atomic E-state index is 2.47. The Kier molecular flexibility index (Phi) is 3.45. The predicted molar refractivity (Wildman–Crippen MR) is 82.4 cm³/mol. The Morgan fingerprint density at radius 2 is 1.37 bits per heavy atom. The highest BCUT2D eigenvalue weighted by molar-refractivity contribution is 5.32. The second-order valence-corrected chi connectivity index (χ2v) is 7.60. The SMILES string of the molecule is Cc1cc(C)cc(C2CC(C)CC3CC(C)CC32)c1. The summed E-state index contributed by atoms with van der Waals surface area (Å²) in [5, 5.41) is 0. The van der Waals surface area contributed by atoms with Crippen LogP contribution in [0, 0.1) is 37.5 Å². The van der Waals surface area contributed by atoms with Crippen molar-refractivity contribution in [2.75, 3.05) is 0 Å². The molecule has 2 aliphatic rings. The van der Waals surface area contributed by atoms with Crippen molar-refractivity contribution in [2.24, 2.45) is 23.7 Å². The average molecular weight is 256 g/mol. The van der Waals surface area contributed by atoms with Crippen molar-refractivity contribution in [2.45, 2.75) is 59.3 Å². The predicted octanol–water partition coefficient (Wildman–Crippen LogP) is 5.48. The van der Waals surface area contributed by atoms with Gasteiger partial charge in [-0.1, -0.05) is 43.2 Å². The third-order valence-electron chi connectivity index (χ3n) is 5.54. The lowest BCUT2D eigenvalue weighted by Crippen LogP contribution is -2.27. The Hall–Kier alpha value is -0.780. The van der Waals surface area contributed by atoms with Crippen molar-refractivity contribution in [3.05, 3.63) is 34.9 Å². The van der Waals surface area contributed by atoms with Gasteiger partial charge in [-0.05, 0) is 74.7 Å². The van der Waals surface area contributed by atoms with E-state index in [2.05, 4.69) is 45.9 Å². The summed E-state index contributed by atoms with van der Waals surface area (Å²) in [6.45, 7) is 9.42. The lowest BCUT2D eigenvalue weighted by molar-refractivity contribution is 0.187. The minimum atomic E-state index is 0.831. The quantitative estimate of drug-likeness (QED) is 0.624. The van der Waals surface area contributed by atoms with Crippen LogP contribution in [-0.2, 0) is 0 Å². The zero-order valence-electron chi connectivity index (χ0n) is 12.9. The summed E-state index contributed by atoms with van der Waals surface area (Å²) in [7, 11) is 0. The first-order valence-electron chi connectivity index (χ1n) is 8.11. The normalized spacial score (nSPS) is 38.2. The molecule has 0 heterocycles. The van der Waals surface area contributed by atoms with Crippen LogP contribution in [0.4, 0.5) is 0 Å². The average Bonchev–Trinajstić information content (AvgIpc) is 2.66. The maximum absolute atomic E-state index is 2.47. The number of hydrogen-bond donors (Lipinski definition) is 0. The molecule has 104 valence electrons. The second-order valence-electron chi connectivity index (χ2n) is 7.60. The number of rotatable bonds is 1. The molecule has 5 atom stereocenters.